The number of carbonyl (C=O) groups is 1. The standard InChI is InChI=1S/C18H15ClN2O4/c1-11(22)13-5-8-15(16(9-13)23-2)24-10-17-20-18(25-21-17)12-3-6-14(19)7-4-12/h3-9H,10H2,1-2H3. The average Bonchev–Trinajstić information content (AvgIpc) is 3.09. The predicted octanol–water partition coefficient (Wildman–Crippen LogP) is 4.18. The number of methoxy groups -OCH3 is 1. The molecule has 0 radical (unpaired) electrons. The lowest BCUT2D eigenvalue weighted by Gasteiger charge is -2.10. The summed E-state index contributed by atoms with van der Waals surface area (Å²) in [4.78, 5) is 15.7. The lowest BCUT2D eigenvalue weighted by molar-refractivity contribution is 0.101. The van der Waals surface area contributed by atoms with Crippen LogP contribution in [0.2, 0.25) is 5.02 Å². The fourth-order valence-electron chi connectivity index (χ4n) is 2.17. The van der Waals surface area contributed by atoms with Gasteiger partial charge in [-0.15, -0.1) is 0 Å². The molecule has 0 bridgehead atoms. The van der Waals surface area contributed by atoms with Crippen LogP contribution in [0.1, 0.15) is 23.1 Å². The SMILES string of the molecule is COc1cc(C(C)=O)ccc1OCc1noc(-c2ccc(Cl)cc2)n1. The van der Waals surface area contributed by atoms with Crippen LogP contribution in [0.15, 0.2) is 47.0 Å². The van der Waals surface area contributed by atoms with E-state index in [2.05, 4.69) is 10.1 Å². The summed E-state index contributed by atoms with van der Waals surface area (Å²) in [5, 5.41) is 4.52. The molecular weight excluding hydrogens is 344 g/mol. The predicted molar refractivity (Wildman–Crippen MR) is 92.1 cm³/mol. The maximum atomic E-state index is 11.4. The van der Waals surface area contributed by atoms with E-state index in [0.717, 1.165) is 5.56 Å². The van der Waals surface area contributed by atoms with Gasteiger partial charge in [-0.05, 0) is 49.4 Å². The van der Waals surface area contributed by atoms with E-state index in [1.807, 2.05) is 0 Å². The second-order valence-electron chi connectivity index (χ2n) is 5.23. The summed E-state index contributed by atoms with van der Waals surface area (Å²) in [5.74, 6) is 1.69. The molecule has 0 unspecified atom stereocenters. The Morgan fingerprint density at radius 2 is 1.92 bits per heavy atom. The molecule has 0 aliphatic rings. The number of hydrogen-bond acceptors (Lipinski definition) is 6. The normalized spacial score (nSPS) is 10.5. The Morgan fingerprint density at radius 3 is 2.60 bits per heavy atom. The van der Waals surface area contributed by atoms with E-state index in [0.29, 0.717) is 33.8 Å². The van der Waals surface area contributed by atoms with Crippen LogP contribution in [0.25, 0.3) is 11.5 Å². The Balaban J connectivity index is 1.72. The Morgan fingerprint density at radius 1 is 1.16 bits per heavy atom. The first-order valence-electron chi connectivity index (χ1n) is 7.47. The largest absolute Gasteiger partial charge is 0.493 e. The Hall–Kier alpha value is -2.86. The molecule has 0 aliphatic heterocycles. The van der Waals surface area contributed by atoms with E-state index < -0.39 is 0 Å². The van der Waals surface area contributed by atoms with E-state index in [4.69, 9.17) is 25.6 Å². The van der Waals surface area contributed by atoms with Crippen molar-refractivity contribution in [2.75, 3.05) is 7.11 Å². The maximum Gasteiger partial charge on any atom is 0.258 e. The zero-order valence-corrected chi connectivity index (χ0v) is 14.4. The summed E-state index contributed by atoms with van der Waals surface area (Å²) in [6, 6.07) is 12.1. The molecule has 2 aromatic carbocycles. The van der Waals surface area contributed by atoms with Crippen molar-refractivity contribution in [1.82, 2.24) is 10.1 Å². The molecule has 0 fully saturated rings. The molecule has 6 nitrogen and oxygen atoms in total. The van der Waals surface area contributed by atoms with Gasteiger partial charge in [0.2, 0.25) is 5.82 Å². The van der Waals surface area contributed by atoms with Crippen molar-refractivity contribution in [1.29, 1.82) is 0 Å². The number of nitrogens with zero attached hydrogens (tertiary/aromatic N) is 2. The van der Waals surface area contributed by atoms with Gasteiger partial charge in [0, 0.05) is 16.1 Å². The minimum Gasteiger partial charge on any atom is -0.493 e. The second kappa shape index (κ2) is 7.36. The highest BCUT2D eigenvalue weighted by Crippen LogP contribution is 2.29. The molecule has 0 saturated carbocycles. The van der Waals surface area contributed by atoms with E-state index in [-0.39, 0.29) is 12.4 Å². The Bertz CT molecular complexity index is 890. The topological polar surface area (TPSA) is 74.5 Å². The number of carbonyl (C=O) groups excluding carboxylic acids is 1. The van der Waals surface area contributed by atoms with Gasteiger partial charge in [0.25, 0.3) is 5.89 Å². The summed E-state index contributed by atoms with van der Waals surface area (Å²) in [6.45, 7) is 1.60. The molecule has 0 saturated heterocycles. The van der Waals surface area contributed by atoms with Crippen LogP contribution in [0.5, 0.6) is 11.5 Å². The maximum absolute atomic E-state index is 11.4. The van der Waals surface area contributed by atoms with Gasteiger partial charge < -0.3 is 14.0 Å². The smallest absolute Gasteiger partial charge is 0.258 e. The first-order chi connectivity index (χ1) is 12.1. The fraction of sp³-hybridized carbons (Fsp3) is 0.167. The Kier molecular flexibility index (Phi) is 5.00. The van der Waals surface area contributed by atoms with E-state index in [9.17, 15) is 4.79 Å². The van der Waals surface area contributed by atoms with Crippen LogP contribution >= 0.6 is 11.6 Å². The zero-order valence-electron chi connectivity index (χ0n) is 13.7. The van der Waals surface area contributed by atoms with Gasteiger partial charge in [-0.1, -0.05) is 16.8 Å². The number of ether oxygens (including phenoxy) is 2. The third-order valence-electron chi connectivity index (χ3n) is 3.49. The number of halogens is 1. The van der Waals surface area contributed by atoms with Crippen LogP contribution in [-0.4, -0.2) is 23.0 Å². The number of rotatable bonds is 6. The van der Waals surface area contributed by atoms with Crippen molar-refractivity contribution in [2.24, 2.45) is 0 Å². The summed E-state index contributed by atoms with van der Waals surface area (Å²) < 4.78 is 16.2. The van der Waals surface area contributed by atoms with Crippen LogP contribution in [0.4, 0.5) is 0 Å². The first-order valence-corrected chi connectivity index (χ1v) is 7.85. The molecule has 7 heteroatoms. The summed E-state index contributed by atoms with van der Waals surface area (Å²) in [7, 11) is 1.51. The van der Waals surface area contributed by atoms with Crippen molar-refractivity contribution in [3.05, 3.63) is 58.9 Å². The van der Waals surface area contributed by atoms with E-state index >= 15 is 0 Å². The van der Waals surface area contributed by atoms with Gasteiger partial charge in [-0.25, -0.2) is 0 Å². The van der Waals surface area contributed by atoms with Crippen LogP contribution < -0.4 is 9.47 Å². The minimum atomic E-state index is -0.0457. The monoisotopic (exact) mass is 358 g/mol. The summed E-state index contributed by atoms with van der Waals surface area (Å²) in [5.41, 5.74) is 1.32. The van der Waals surface area contributed by atoms with Gasteiger partial charge in [0.15, 0.2) is 23.9 Å². The molecule has 0 aliphatic carbocycles. The quantitative estimate of drug-likeness (QED) is 0.615. The van der Waals surface area contributed by atoms with Gasteiger partial charge >= 0.3 is 0 Å². The zero-order chi connectivity index (χ0) is 17.8. The molecule has 0 amide bonds. The molecule has 0 spiro atoms. The van der Waals surface area contributed by atoms with Gasteiger partial charge in [0.05, 0.1) is 7.11 Å². The minimum absolute atomic E-state index is 0.0457. The lowest BCUT2D eigenvalue weighted by atomic mass is 10.1. The number of benzene rings is 2. The van der Waals surface area contributed by atoms with Gasteiger partial charge in [0.1, 0.15) is 0 Å². The van der Waals surface area contributed by atoms with Crippen molar-refractivity contribution in [2.45, 2.75) is 13.5 Å². The second-order valence-corrected chi connectivity index (χ2v) is 5.67. The average molecular weight is 359 g/mol. The van der Waals surface area contributed by atoms with E-state index in [1.165, 1.54) is 14.0 Å². The summed E-state index contributed by atoms with van der Waals surface area (Å²) >= 11 is 5.86. The molecule has 128 valence electrons. The molecular formula is C18H15ClN2O4. The molecule has 25 heavy (non-hydrogen) atoms. The van der Waals surface area contributed by atoms with Crippen LogP contribution in [0.3, 0.4) is 0 Å². The molecule has 1 heterocycles. The number of Topliss-reactive ketones (excluding diaryl/α,β-unsaturated/α-hetero) is 1. The third-order valence-corrected chi connectivity index (χ3v) is 3.74. The number of hydrogen-bond donors (Lipinski definition) is 0. The van der Waals surface area contributed by atoms with Gasteiger partial charge in [-0.2, -0.15) is 4.98 Å². The molecule has 0 N–H and O–H groups in total. The van der Waals surface area contributed by atoms with Crippen molar-refractivity contribution >= 4 is 17.4 Å². The fourth-order valence-corrected chi connectivity index (χ4v) is 2.30. The van der Waals surface area contributed by atoms with Gasteiger partial charge in [-0.3, -0.25) is 4.79 Å². The first kappa shape index (κ1) is 17.0. The number of ketones is 1. The van der Waals surface area contributed by atoms with Crippen molar-refractivity contribution < 1.29 is 18.8 Å². The molecule has 1 aromatic heterocycles. The highest BCUT2D eigenvalue weighted by atomic mass is 35.5. The molecule has 3 rings (SSSR count). The lowest BCUT2D eigenvalue weighted by Crippen LogP contribution is -2.01. The molecule has 3 aromatic rings. The van der Waals surface area contributed by atoms with E-state index in [1.54, 1.807) is 42.5 Å². The molecule has 0 atom stereocenters. The highest BCUT2D eigenvalue weighted by Gasteiger charge is 2.12. The third kappa shape index (κ3) is 3.97. The number of aromatic nitrogens is 2. The van der Waals surface area contributed by atoms with Crippen LogP contribution in [0, 0.1) is 0 Å². The highest BCUT2D eigenvalue weighted by molar-refractivity contribution is 6.30. The Labute approximate surface area is 149 Å². The summed E-state index contributed by atoms with van der Waals surface area (Å²) in [6.07, 6.45) is 0. The van der Waals surface area contributed by atoms with Crippen molar-refractivity contribution in [3.8, 4) is 23.0 Å². The van der Waals surface area contributed by atoms with Crippen LogP contribution in [-0.2, 0) is 6.61 Å². The van der Waals surface area contributed by atoms with Crippen molar-refractivity contribution in [3.63, 3.8) is 0 Å².